The van der Waals surface area contributed by atoms with Gasteiger partial charge in [-0.05, 0) is 37.6 Å². The van der Waals surface area contributed by atoms with E-state index in [0.29, 0.717) is 23.4 Å². The van der Waals surface area contributed by atoms with E-state index in [1.165, 1.54) is 24.4 Å². The van der Waals surface area contributed by atoms with Crippen LogP contribution in [0.2, 0.25) is 0 Å². The Bertz CT molecular complexity index is 997. The van der Waals surface area contributed by atoms with Crippen LogP contribution in [0.25, 0.3) is 11.1 Å². The minimum absolute atomic E-state index is 0.203. The Kier molecular flexibility index (Phi) is 5.36. The molecule has 1 aliphatic rings. The number of pyridine rings is 1. The van der Waals surface area contributed by atoms with Gasteiger partial charge in [0.15, 0.2) is 0 Å². The van der Waals surface area contributed by atoms with Crippen LogP contribution in [-0.2, 0) is 0 Å². The van der Waals surface area contributed by atoms with Gasteiger partial charge in [0.05, 0.1) is 11.6 Å². The summed E-state index contributed by atoms with van der Waals surface area (Å²) in [5.41, 5.74) is 1.81. The fourth-order valence-corrected chi connectivity index (χ4v) is 3.10. The summed E-state index contributed by atoms with van der Waals surface area (Å²) < 4.78 is 14.5. The number of carbonyl (C=O) groups is 2. The van der Waals surface area contributed by atoms with Gasteiger partial charge < -0.3 is 10.6 Å². The van der Waals surface area contributed by atoms with Crippen molar-refractivity contribution in [2.75, 3.05) is 6.54 Å². The number of aromatic nitrogens is 1. The number of hydrogen-bond donors (Lipinski definition) is 2. The van der Waals surface area contributed by atoms with E-state index < -0.39 is 23.9 Å². The highest BCUT2D eigenvalue weighted by Gasteiger charge is 2.39. The fourth-order valence-electron chi connectivity index (χ4n) is 3.10. The molecule has 7 nitrogen and oxygen atoms in total. The number of amides is 4. The summed E-state index contributed by atoms with van der Waals surface area (Å²) in [6.07, 6.45) is 3.09. The van der Waals surface area contributed by atoms with Crippen LogP contribution in [0.1, 0.15) is 25.5 Å². The molecule has 0 radical (unpaired) electrons. The van der Waals surface area contributed by atoms with Crippen LogP contribution in [0, 0.1) is 17.1 Å². The normalized spacial score (nSPS) is 16.4. The molecule has 3 rings (SSSR count). The highest BCUT2D eigenvalue weighted by atomic mass is 19.1. The van der Waals surface area contributed by atoms with E-state index in [1.807, 2.05) is 0 Å². The summed E-state index contributed by atoms with van der Waals surface area (Å²) in [6, 6.07) is 7.44. The van der Waals surface area contributed by atoms with E-state index in [4.69, 9.17) is 0 Å². The summed E-state index contributed by atoms with van der Waals surface area (Å²) in [4.78, 5) is 30.0. The minimum Gasteiger partial charge on any atom is -0.338 e. The van der Waals surface area contributed by atoms with Gasteiger partial charge in [0.1, 0.15) is 11.9 Å². The van der Waals surface area contributed by atoms with Gasteiger partial charge in [-0.2, -0.15) is 5.26 Å². The Morgan fingerprint density at radius 3 is 2.86 bits per heavy atom. The lowest BCUT2D eigenvalue weighted by molar-refractivity contribution is 0.173. The Morgan fingerprint density at radius 2 is 2.21 bits per heavy atom. The van der Waals surface area contributed by atoms with Crippen LogP contribution in [-0.4, -0.2) is 28.5 Å². The van der Waals surface area contributed by atoms with Crippen LogP contribution < -0.4 is 10.6 Å². The van der Waals surface area contributed by atoms with Crippen molar-refractivity contribution in [2.45, 2.75) is 19.9 Å². The molecule has 2 heterocycles. The third kappa shape index (κ3) is 3.42. The van der Waals surface area contributed by atoms with Gasteiger partial charge in [-0.3, -0.25) is 4.98 Å². The Labute approximate surface area is 161 Å². The zero-order valence-corrected chi connectivity index (χ0v) is 15.4. The molecular weight excluding hydrogens is 361 g/mol. The number of rotatable bonds is 3. The van der Waals surface area contributed by atoms with Gasteiger partial charge in [0.2, 0.25) is 0 Å². The molecule has 1 atom stereocenters. The van der Waals surface area contributed by atoms with Crippen molar-refractivity contribution >= 4 is 12.1 Å². The van der Waals surface area contributed by atoms with Crippen LogP contribution in [0.3, 0.4) is 0 Å². The first-order valence-corrected chi connectivity index (χ1v) is 8.66. The van der Waals surface area contributed by atoms with Gasteiger partial charge in [-0.25, -0.2) is 18.9 Å². The molecule has 2 aromatic rings. The molecular formula is C20H18FN5O2. The highest BCUT2D eigenvalue weighted by molar-refractivity contribution is 5.96. The molecule has 0 fully saturated rings. The first-order valence-electron chi connectivity index (χ1n) is 8.66. The maximum atomic E-state index is 14.5. The first kappa shape index (κ1) is 19.0. The third-order valence-corrected chi connectivity index (χ3v) is 4.39. The van der Waals surface area contributed by atoms with E-state index in [2.05, 4.69) is 21.7 Å². The van der Waals surface area contributed by atoms with Crippen LogP contribution >= 0.6 is 0 Å². The lowest BCUT2D eigenvalue weighted by Gasteiger charge is -2.35. The molecule has 1 aromatic carbocycles. The number of nitriles is 1. The van der Waals surface area contributed by atoms with E-state index in [1.54, 1.807) is 32.2 Å². The van der Waals surface area contributed by atoms with Crippen molar-refractivity contribution in [1.82, 2.24) is 20.5 Å². The number of urea groups is 2. The molecule has 0 aliphatic carbocycles. The standard InChI is InChI=1S/C20H18FN5O2/c1-3-24-19(27)26-18(16(10-22)12(2)25-20(26)28)13-6-7-17(21)15(9-13)14-5-4-8-23-11-14/h4-9,11,18H,3H2,1-2H3,(H,24,27)(H,25,28). The number of carbonyl (C=O) groups excluding carboxylic acids is 2. The van der Waals surface area contributed by atoms with Gasteiger partial charge in [0, 0.05) is 35.8 Å². The SMILES string of the molecule is CCNC(=O)N1C(=O)NC(C)=C(C#N)C1c1ccc(F)c(-c2cccnc2)c1. The van der Waals surface area contributed by atoms with Crippen molar-refractivity contribution < 1.29 is 14.0 Å². The second kappa shape index (κ2) is 7.88. The molecule has 1 aliphatic heterocycles. The van der Waals surface area contributed by atoms with Crippen LogP contribution in [0.5, 0.6) is 0 Å². The predicted molar refractivity (Wildman–Crippen MR) is 100 cm³/mol. The number of benzene rings is 1. The predicted octanol–water partition coefficient (Wildman–Crippen LogP) is 3.48. The van der Waals surface area contributed by atoms with Gasteiger partial charge >= 0.3 is 12.1 Å². The Balaban J connectivity index is 2.17. The Hall–Kier alpha value is -3.73. The maximum Gasteiger partial charge on any atom is 0.330 e. The molecule has 0 bridgehead atoms. The van der Waals surface area contributed by atoms with Gasteiger partial charge in [-0.15, -0.1) is 0 Å². The largest absolute Gasteiger partial charge is 0.338 e. The lowest BCUT2D eigenvalue weighted by Crippen LogP contribution is -2.53. The molecule has 28 heavy (non-hydrogen) atoms. The van der Waals surface area contributed by atoms with Crippen molar-refractivity contribution in [1.29, 1.82) is 5.26 Å². The second-order valence-electron chi connectivity index (χ2n) is 6.17. The zero-order valence-electron chi connectivity index (χ0n) is 15.4. The van der Waals surface area contributed by atoms with Crippen molar-refractivity contribution in [3.63, 3.8) is 0 Å². The minimum atomic E-state index is -0.971. The molecule has 4 amide bonds. The molecule has 0 saturated heterocycles. The lowest BCUT2D eigenvalue weighted by atomic mass is 9.92. The van der Waals surface area contributed by atoms with Crippen molar-refractivity contribution in [3.8, 4) is 17.2 Å². The number of hydrogen-bond acceptors (Lipinski definition) is 4. The van der Waals surface area contributed by atoms with E-state index in [9.17, 15) is 19.2 Å². The van der Waals surface area contributed by atoms with Crippen molar-refractivity contribution in [2.24, 2.45) is 0 Å². The highest BCUT2D eigenvalue weighted by Crippen LogP contribution is 2.35. The summed E-state index contributed by atoms with van der Waals surface area (Å²) in [5, 5.41) is 14.7. The third-order valence-electron chi connectivity index (χ3n) is 4.39. The molecule has 1 unspecified atom stereocenters. The molecule has 2 N–H and O–H groups in total. The Morgan fingerprint density at radius 1 is 1.43 bits per heavy atom. The quantitative estimate of drug-likeness (QED) is 0.853. The van der Waals surface area contributed by atoms with Crippen LogP contribution in [0.4, 0.5) is 14.0 Å². The van der Waals surface area contributed by atoms with Gasteiger partial charge in [0.25, 0.3) is 0 Å². The molecule has 142 valence electrons. The number of allylic oxidation sites excluding steroid dienone is 1. The number of imide groups is 1. The second-order valence-corrected chi connectivity index (χ2v) is 6.17. The van der Waals surface area contributed by atoms with E-state index in [-0.39, 0.29) is 11.1 Å². The topological polar surface area (TPSA) is 98.1 Å². The average Bonchev–Trinajstić information content (AvgIpc) is 2.68. The average molecular weight is 379 g/mol. The number of halogens is 1. The summed E-state index contributed by atoms with van der Waals surface area (Å²) in [6.45, 7) is 3.62. The first-order chi connectivity index (χ1) is 13.5. The maximum absolute atomic E-state index is 14.5. The van der Waals surface area contributed by atoms with Crippen LogP contribution in [0.15, 0.2) is 54.0 Å². The monoisotopic (exact) mass is 379 g/mol. The summed E-state index contributed by atoms with van der Waals surface area (Å²) in [5.74, 6) is -0.472. The number of nitrogens with one attached hydrogen (secondary N) is 2. The molecule has 0 spiro atoms. The molecule has 0 saturated carbocycles. The summed E-state index contributed by atoms with van der Waals surface area (Å²) in [7, 11) is 0. The molecule has 8 heteroatoms. The smallest absolute Gasteiger partial charge is 0.330 e. The molecule has 1 aromatic heterocycles. The van der Waals surface area contributed by atoms with Gasteiger partial charge in [-0.1, -0.05) is 12.1 Å². The number of nitrogens with zero attached hydrogens (tertiary/aromatic N) is 3. The van der Waals surface area contributed by atoms with Crippen molar-refractivity contribution in [3.05, 3.63) is 65.4 Å². The van der Waals surface area contributed by atoms with E-state index in [0.717, 1.165) is 4.90 Å². The summed E-state index contributed by atoms with van der Waals surface area (Å²) >= 11 is 0. The van der Waals surface area contributed by atoms with E-state index >= 15 is 0 Å². The zero-order chi connectivity index (χ0) is 20.3. The fraction of sp³-hybridized carbons (Fsp3) is 0.200.